The van der Waals surface area contributed by atoms with Gasteiger partial charge in [-0.15, -0.1) is 0 Å². The van der Waals surface area contributed by atoms with Crippen LogP contribution >= 0.6 is 0 Å². The van der Waals surface area contributed by atoms with Crippen molar-refractivity contribution in [1.82, 2.24) is 9.78 Å². The topological polar surface area (TPSA) is 41.6 Å². The molecule has 4 heteroatoms. The van der Waals surface area contributed by atoms with Gasteiger partial charge in [0.2, 0.25) is 0 Å². The highest BCUT2D eigenvalue weighted by atomic mass is 19.1. The third-order valence-corrected chi connectivity index (χ3v) is 3.73. The summed E-state index contributed by atoms with van der Waals surface area (Å²) in [7, 11) is 0. The van der Waals surface area contributed by atoms with Crippen molar-refractivity contribution in [2.45, 2.75) is 19.4 Å². The summed E-state index contributed by atoms with van der Waals surface area (Å²) < 4.78 is 16.0. The van der Waals surface area contributed by atoms with E-state index in [1.165, 1.54) is 11.6 Å². The fourth-order valence-corrected chi connectivity index (χ4v) is 2.51. The maximum absolute atomic E-state index is 14.2. The van der Waals surface area contributed by atoms with Crippen LogP contribution in [0, 0.1) is 17.1 Å². The van der Waals surface area contributed by atoms with Gasteiger partial charge in [-0.3, -0.25) is 4.68 Å². The van der Waals surface area contributed by atoms with Crippen LogP contribution in [0.4, 0.5) is 4.39 Å². The molecule has 1 aromatic heterocycles. The fraction of sp³-hybridized carbons (Fsp3) is 0.158. The van der Waals surface area contributed by atoms with E-state index in [1.54, 1.807) is 18.3 Å². The Kier molecular flexibility index (Phi) is 4.49. The Morgan fingerprint density at radius 2 is 1.91 bits per heavy atom. The summed E-state index contributed by atoms with van der Waals surface area (Å²) in [5, 5.41) is 13.0. The molecule has 0 N–H and O–H groups in total. The molecule has 0 saturated carbocycles. The van der Waals surface area contributed by atoms with Crippen LogP contribution in [-0.2, 0) is 19.4 Å². The molecule has 3 nitrogen and oxygen atoms in total. The summed E-state index contributed by atoms with van der Waals surface area (Å²) in [6.07, 6.45) is 4.62. The summed E-state index contributed by atoms with van der Waals surface area (Å²) >= 11 is 0. The second-order valence-corrected chi connectivity index (χ2v) is 5.38. The highest BCUT2D eigenvalue weighted by Gasteiger charge is 2.08. The third kappa shape index (κ3) is 3.64. The zero-order valence-corrected chi connectivity index (χ0v) is 12.6. The molecule has 0 aliphatic carbocycles. The van der Waals surface area contributed by atoms with Gasteiger partial charge in [0.15, 0.2) is 0 Å². The fourth-order valence-electron chi connectivity index (χ4n) is 2.51. The number of benzene rings is 2. The summed E-state index contributed by atoms with van der Waals surface area (Å²) in [5.41, 5.74) is 3.19. The van der Waals surface area contributed by atoms with Crippen molar-refractivity contribution in [3.8, 4) is 17.2 Å². The first-order valence-electron chi connectivity index (χ1n) is 7.48. The van der Waals surface area contributed by atoms with E-state index >= 15 is 0 Å². The minimum absolute atomic E-state index is 0.216. The van der Waals surface area contributed by atoms with Gasteiger partial charge in [0.05, 0.1) is 18.7 Å². The molecule has 23 heavy (non-hydrogen) atoms. The summed E-state index contributed by atoms with van der Waals surface area (Å²) in [4.78, 5) is 0. The zero-order valence-electron chi connectivity index (χ0n) is 12.6. The third-order valence-electron chi connectivity index (χ3n) is 3.73. The lowest BCUT2D eigenvalue weighted by Gasteiger charge is -2.03. The van der Waals surface area contributed by atoms with E-state index in [0.717, 1.165) is 18.5 Å². The smallest absolute Gasteiger partial charge is 0.131 e. The van der Waals surface area contributed by atoms with E-state index in [0.29, 0.717) is 11.1 Å². The van der Waals surface area contributed by atoms with Crippen LogP contribution in [0.25, 0.3) is 11.1 Å². The van der Waals surface area contributed by atoms with Crippen LogP contribution < -0.4 is 0 Å². The van der Waals surface area contributed by atoms with Gasteiger partial charge in [-0.05, 0) is 23.6 Å². The Bertz CT molecular complexity index is 831. The maximum atomic E-state index is 14.2. The van der Waals surface area contributed by atoms with Crippen LogP contribution in [0.5, 0.6) is 0 Å². The van der Waals surface area contributed by atoms with Gasteiger partial charge in [-0.2, -0.15) is 10.4 Å². The molecule has 0 spiro atoms. The average Bonchev–Trinajstić information content (AvgIpc) is 3.03. The predicted molar refractivity (Wildman–Crippen MR) is 87.1 cm³/mol. The normalized spacial score (nSPS) is 10.4. The number of aromatic nitrogens is 2. The Labute approximate surface area is 134 Å². The monoisotopic (exact) mass is 305 g/mol. The van der Waals surface area contributed by atoms with Crippen molar-refractivity contribution in [2.24, 2.45) is 0 Å². The van der Waals surface area contributed by atoms with E-state index in [-0.39, 0.29) is 12.2 Å². The number of halogens is 1. The number of rotatable bonds is 5. The van der Waals surface area contributed by atoms with Gasteiger partial charge < -0.3 is 0 Å². The summed E-state index contributed by atoms with van der Waals surface area (Å²) in [6.45, 7) is 0.748. The Balaban J connectivity index is 1.73. The molecule has 0 aliphatic rings. The van der Waals surface area contributed by atoms with Gasteiger partial charge in [-0.25, -0.2) is 4.39 Å². The van der Waals surface area contributed by atoms with Gasteiger partial charge >= 0.3 is 0 Å². The number of aryl methyl sites for hydroxylation is 2. The molecule has 0 atom stereocenters. The Hall–Kier alpha value is -2.93. The zero-order chi connectivity index (χ0) is 16.1. The molecule has 0 radical (unpaired) electrons. The lowest BCUT2D eigenvalue weighted by atomic mass is 10.1. The van der Waals surface area contributed by atoms with E-state index in [2.05, 4.69) is 17.2 Å². The van der Waals surface area contributed by atoms with E-state index in [9.17, 15) is 4.39 Å². The van der Waals surface area contributed by atoms with Gasteiger partial charge in [0, 0.05) is 23.9 Å². The largest absolute Gasteiger partial charge is 0.272 e. The SMILES string of the molecule is N#CCc1ccc(-c2cnn(CCc3ccccc3)c2)c(F)c1. The number of hydrogen-bond acceptors (Lipinski definition) is 2. The van der Waals surface area contributed by atoms with Gasteiger partial charge in [-0.1, -0.05) is 42.5 Å². The standard InChI is InChI=1S/C19H16FN3/c20-19-12-16(8-10-21)6-7-18(19)17-13-22-23(14-17)11-9-15-4-2-1-3-5-15/h1-7,12-14H,8-9,11H2. The first-order valence-corrected chi connectivity index (χ1v) is 7.48. The number of hydrogen-bond donors (Lipinski definition) is 0. The van der Waals surface area contributed by atoms with Crippen LogP contribution in [0.15, 0.2) is 60.9 Å². The first-order chi connectivity index (χ1) is 11.3. The van der Waals surface area contributed by atoms with Crippen LogP contribution in [0.1, 0.15) is 11.1 Å². The van der Waals surface area contributed by atoms with Crippen molar-refractivity contribution in [3.05, 3.63) is 77.9 Å². The minimum Gasteiger partial charge on any atom is -0.272 e. The van der Waals surface area contributed by atoms with E-state index in [1.807, 2.05) is 35.1 Å². The number of nitrogens with zero attached hydrogens (tertiary/aromatic N) is 3. The van der Waals surface area contributed by atoms with Crippen LogP contribution in [0.3, 0.4) is 0 Å². The van der Waals surface area contributed by atoms with Crippen molar-refractivity contribution >= 4 is 0 Å². The molecule has 0 bridgehead atoms. The second kappa shape index (κ2) is 6.89. The van der Waals surface area contributed by atoms with E-state index in [4.69, 9.17) is 5.26 Å². The highest BCUT2D eigenvalue weighted by molar-refractivity contribution is 5.63. The predicted octanol–water partition coefficient (Wildman–Crippen LogP) is 4.00. The van der Waals surface area contributed by atoms with E-state index < -0.39 is 0 Å². The first kappa shape index (κ1) is 15.0. The molecule has 3 rings (SSSR count). The molecule has 0 aliphatic heterocycles. The molecule has 2 aromatic carbocycles. The Morgan fingerprint density at radius 3 is 2.65 bits per heavy atom. The second-order valence-electron chi connectivity index (χ2n) is 5.38. The van der Waals surface area contributed by atoms with Crippen molar-refractivity contribution in [1.29, 1.82) is 5.26 Å². The molecule has 0 fully saturated rings. The number of nitriles is 1. The lowest BCUT2D eigenvalue weighted by molar-refractivity contribution is 0.614. The molecule has 1 heterocycles. The summed E-state index contributed by atoms with van der Waals surface area (Å²) in [5.74, 6) is -0.319. The molecule has 0 unspecified atom stereocenters. The molecule has 0 saturated heterocycles. The lowest BCUT2D eigenvalue weighted by Crippen LogP contribution is -2.01. The molecule has 0 amide bonds. The quantitative estimate of drug-likeness (QED) is 0.715. The molecule has 114 valence electrons. The van der Waals surface area contributed by atoms with Crippen LogP contribution in [0.2, 0.25) is 0 Å². The molecule has 3 aromatic rings. The maximum Gasteiger partial charge on any atom is 0.131 e. The van der Waals surface area contributed by atoms with Crippen molar-refractivity contribution in [2.75, 3.05) is 0 Å². The van der Waals surface area contributed by atoms with Gasteiger partial charge in [0.25, 0.3) is 0 Å². The highest BCUT2D eigenvalue weighted by Crippen LogP contribution is 2.23. The minimum atomic E-state index is -0.319. The molecular weight excluding hydrogens is 289 g/mol. The van der Waals surface area contributed by atoms with Gasteiger partial charge in [0.1, 0.15) is 5.82 Å². The average molecular weight is 305 g/mol. The summed E-state index contributed by atoms with van der Waals surface area (Å²) in [6, 6.07) is 17.1. The molecular formula is C19H16FN3. The van der Waals surface area contributed by atoms with Crippen molar-refractivity contribution in [3.63, 3.8) is 0 Å². The van der Waals surface area contributed by atoms with Crippen LogP contribution in [-0.4, -0.2) is 9.78 Å². The van der Waals surface area contributed by atoms with Crippen molar-refractivity contribution < 1.29 is 4.39 Å². The Morgan fingerprint density at radius 1 is 1.09 bits per heavy atom.